The van der Waals surface area contributed by atoms with E-state index in [0.29, 0.717) is 12.1 Å². The van der Waals surface area contributed by atoms with Crippen molar-refractivity contribution in [2.75, 3.05) is 5.32 Å². The standard InChI is InChI=1S/C26H24N2O3/c1-18-9-11-20(12-10-18)25(27-23-7-4-8-24(16-23)28(30)31)17-26(29)22-14-13-19-5-2-3-6-21(19)15-22/h2-16,25-27,29H,17H2,1H3. The van der Waals surface area contributed by atoms with Crippen LogP contribution in [0.3, 0.4) is 0 Å². The molecular formula is C26H24N2O3. The summed E-state index contributed by atoms with van der Waals surface area (Å²) in [5, 5.41) is 27.8. The largest absolute Gasteiger partial charge is 0.388 e. The van der Waals surface area contributed by atoms with Crippen LogP contribution in [-0.4, -0.2) is 10.0 Å². The first kappa shape index (κ1) is 20.6. The van der Waals surface area contributed by atoms with Gasteiger partial charge in [-0.05, 0) is 41.0 Å². The Morgan fingerprint density at radius 2 is 1.58 bits per heavy atom. The molecule has 0 amide bonds. The Morgan fingerprint density at radius 1 is 0.871 bits per heavy atom. The fourth-order valence-electron chi connectivity index (χ4n) is 3.76. The molecular weight excluding hydrogens is 388 g/mol. The van der Waals surface area contributed by atoms with Crippen molar-refractivity contribution in [2.24, 2.45) is 0 Å². The SMILES string of the molecule is Cc1ccc(C(CC(O)c2ccc3ccccc3c2)Nc2cccc([N+](=O)[O-])c2)cc1. The van der Waals surface area contributed by atoms with Crippen LogP contribution in [0.1, 0.15) is 35.3 Å². The maximum Gasteiger partial charge on any atom is 0.271 e. The molecule has 0 heterocycles. The summed E-state index contributed by atoms with van der Waals surface area (Å²) < 4.78 is 0. The van der Waals surface area contributed by atoms with E-state index in [2.05, 4.69) is 5.32 Å². The first-order chi connectivity index (χ1) is 15.0. The second-order valence-corrected chi connectivity index (χ2v) is 7.77. The van der Waals surface area contributed by atoms with E-state index in [0.717, 1.165) is 27.5 Å². The molecule has 5 nitrogen and oxygen atoms in total. The summed E-state index contributed by atoms with van der Waals surface area (Å²) in [6.07, 6.45) is -0.272. The summed E-state index contributed by atoms with van der Waals surface area (Å²) in [6.45, 7) is 2.02. The van der Waals surface area contributed by atoms with Gasteiger partial charge in [0.05, 0.1) is 17.1 Å². The highest BCUT2D eigenvalue weighted by atomic mass is 16.6. The molecule has 2 unspecified atom stereocenters. The van der Waals surface area contributed by atoms with E-state index in [1.54, 1.807) is 12.1 Å². The zero-order chi connectivity index (χ0) is 21.8. The van der Waals surface area contributed by atoms with Crippen molar-refractivity contribution < 1.29 is 10.0 Å². The van der Waals surface area contributed by atoms with Crippen molar-refractivity contribution >= 4 is 22.1 Å². The molecule has 0 radical (unpaired) electrons. The summed E-state index contributed by atoms with van der Waals surface area (Å²) in [6, 6.07) is 28.4. The monoisotopic (exact) mass is 412 g/mol. The molecule has 5 heteroatoms. The van der Waals surface area contributed by atoms with E-state index in [4.69, 9.17) is 0 Å². The summed E-state index contributed by atoms with van der Waals surface area (Å²) in [4.78, 5) is 10.7. The molecule has 0 aliphatic rings. The van der Waals surface area contributed by atoms with Gasteiger partial charge in [0, 0.05) is 24.2 Å². The highest BCUT2D eigenvalue weighted by Crippen LogP contribution is 2.32. The van der Waals surface area contributed by atoms with Crippen LogP contribution in [0.5, 0.6) is 0 Å². The number of aliphatic hydroxyl groups excluding tert-OH is 1. The quantitative estimate of drug-likeness (QED) is 0.275. The van der Waals surface area contributed by atoms with Gasteiger partial charge in [0.2, 0.25) is 0 Å². The van der Waals surface area contributed by atoms with Gasteiger partial charge in [-0.3, -0.25) is 10.1 Å². The third kappa shape index (κ3) is 4.90. The van der Waals surface area contributed by atoms with Gasteiger partial charge < -0.3 is 10.4 Å². The topological polar surface area (TPSA) is 75.4 Å². The van der Waals surface area contributed by atoms with Crippen LogP contribution in [0.15, 0.2) is 91.0 Å². The van der Waals surface area contributed by atoms with Crippen molar-refractivity contribution in [3.8, 4) is 0 Å². The molecule has 0 fully saturated rings. The number of aliphatic hydroxyl groups is 1. The smallest absolute Gasteiger partial charge is 0.271 e. The molecule has 2 N–H and O–H groups in total. The first-order valence-electron chi connectivity index (χ1n) is 10.2. The number of hydrogen-bond acceptors (Lipinski definition) is 4. The highest BCUT2D eigenvalue weighted by molar-refractivity contribution is 5.83. The summed E-state index contributed by atoms with van der Waals surface area (Å²) >= 11 is 0. The Hall–Kier alpha value is -3.70. The Bertz CT molecular complexity index is 1200. The zero-order valence-corrected chi connectivity index (χ0v) is 17.2. The number of hydrogen-bond donors (Lipinski definition) is 2. The minimum absolute atomic E-state index is 0.0303. The van der Waals surface area contributed by atoms with Gasteiger partial charge in [-0.1, -0.05) is 72.3 Å². The predicted molar refractivity (Wildman–Crippen MR) is 124 cm³/mol. The lowest BCUT2D eigenvalue weighted by atomic mass is 9.94. The van der Waals surface area contributed by atoms with Crippen LogP contribution in [0, 0.1) is 17.0 Å². The fraction of sp³-hybridized carbons (Fsp3) is 0.154. The number of benzene rings is 4. The van der Waals surface area contributed by atoms with Crippen LogP contribution in [0.4, 0.5) is 11.4 Å². The van der Waals surface area contributed by atoms with Crippen LogP contribution in [0.25, 0.3) is 10.8 Å². The van der Waals surface area contributed by atoms with Gasteiger partial charge in [0.1, 0.15) is 0 Å². The molecule has 0 aliphatic heterocycles. The number of nitrogens with one attached hydrogen (secondary N) is 1. The Labute approximate surface area is 181 Å². The fourth-order valence-corrected chi connectivity index (χ4v) is 3.76. The highest BCUT2D eigenvalue weighted by Gasteiger charge is 2.19. The van der Waals surface area contributed by atoms with Gasteiger partial charge in [0.25, 0.3) is 5.69 Å². The summed E-state index contributed by atoms with van der Waals surface area (Å²) in [5.74, 6) is 0. The van der Waals surface area contributed by atoms with E-state index in [9.17, 15) is 15.2 Å². The summed E-state index contributed by atoms with van der Waals surface area (Å²) in [7, 11) is 0. The normalized spacial score (nSPS) is 13.0. The van der Waals surface area contributed by atoms with E-state index < -0.39 is 11.0 Å². The van der Waals surface area contributed by atoms with E-state index in [1.807, 2.05) is 73.7 Å². The first-order valence-corrected chi connectivity index (χ1v) is 10.2. The third-order valence-corrected chi connectivity index (χ3v) is 5.49. The van der Waals surface area contributed by atoms with E-state index in [1.165, 1.54) is 12.1 Å². The maximum absolute atomic E-state index is 11.2. The Morgan fingerprint density at radius 3 is 2.32 bits per heavy atom. The molecule has 2 atom stereocenters. The van der Waals surface area contributed by atoms with E-state index >= 15 is 0 Å². The number of nitrogens with zero attached hydrogens (tertiary/aromatic N) is 1. The van der Waals surface area contributed by atoms with E-state index in [-0.39, 0.29) is 11.7 Å². The lowest BCUT2D eigenvalue weighted by Gasteiger charge is -2.24. The number of non-ortho nitro benzene ring substituents is 1. The van der Waals surface area contributed by atoms with Crippen LogP contribution in [0.2, 0.25) is 0 Å². The van der Waals surface area contributed by atoms with Crippen molar-refractivity contribution in [3.63, 3.8) is 0 Å². The number of nitro benzene ring substituents is 1. The van der Waals surface area contributed by atoms with Gasteiger partial charge in [-0.25, -0.2) is 0 Å². The molecule has 4 aromatic rings. The van der Waals surface area contributed by atoms with Crippen molar-refractivity contribution in [1.29, 1.82) is 0 Å². The number of aryl methyl sites for hydroxylation is 1. The molecule has 156 valence electrons. The molecule has 4 rings (SSSR count). The molecule has 0 aliphatic carbocycles. The summed E-state index contributed by atoms with van der Waals surface area (Å²) in [5.41, 5.74) is 3.68. The molecule has 0 spiro atoms. The van der Waals surface area contributed by atoms with Crippen LogP contribution >= 0.6 is 0 Å². The maximum atomic E-state index is 11.2. The molecule has 0 saturated carbocycles. The number of rotatable bonds is 7. The number of fused-ring (bicyclic) bond motifs is 1. The Kier molecular flexibility index (Phi) is 5.96. The average molecular weight is 412 g/mol. The van der Waals surface area contributed by atoms with Crippen LogP contribution in [-0.2, 0) is 0 Å². The second-order valence-electron chi connectivity index (χ2n) is 7.77. The van der Waals surface area contributed by atoms with Crippen molar-refractivity contribution in [1.82, 2.24) is 0 Å². The predicted octanol–water partition coefficient (Wildman–Crippen LogP) is 6.33. The molecule has 0 bridgehead atoms. The zero-order valence-electron chi connectivity index (χ0n) is 17.2. The van der Waals surface area contributed by atoms with Gasteiger partial charge in [-0.15, -0.1) is 0 Å². The molecule has 0 aromatic heterocycles. The van der Waals surface area contributed by atoms with Crippen molar-refractivity contribution in [2.45, 2.75) is 25.5 Å². The Balaban J connectivity index is 1.62. The number of anilines is 1. The number of nitro groups is 1. The van der Waals surface area contributed by atoms with Gasteiger partial charge >= 0.3 is 0 Å². The second kappa shape index (κ2) is 8.98. The van der Waals surface area contributed by atoms with Crippen molar-refractivity contribution in [3.05, 3.63) is 118 Å². The molecule has 31 heavy (non-hydrogen) atoms. The van der Waals surface area contributed by atoms with Gasteiger partial charge in [-0.2, -0.15) is 0 Å². The minimum atomic E-state index is -0.692. The average Bonchev–Trinajstić information content (AvgIpc) is 2.79. The lowest BCUT2D eigenvalue weighted by molar-refractivity contribution is -0.384. The molecule has 4 aromatic carbocycles. The van der Waals surface area contributed by atoms with Gasteiger partial charge in [0.15, 0.2) is 0 Å². The third-order valence-electron chi connectivity index (χ3n) is 5.49. The molecule has 0 saturated heterocycles. The lowest BCUT2D eigenvalue weighted by Crippen LogP contribution is -2.15. The van der Waals surface area contributed by atoms with Crippen LogP contribution < -0.4 is 5.32 Å². The minimum Gasteiger partial charge on any atom is -0.388 e.